The van der Waals surface area contributed by atoms with E-state index in [-0.39, 0.29) is 17.9 Å². The highest BCUT2D eigenvalue weighted by Crippen LogP contribution is 2.30. The van der Waals surface area contributed by atoms with Crippen molar-refractivity contribution in [3.05, 3.63) is 48.6 Å². The highest BCUT2D eigenvalue weighted by atomic mass is 32.2. The van der Waals surface area contributed by atoms with E-state index in [1.807, 2.05) is 6.07 Å². The van der Waals surface area contributed by atoms with E-state index in [0.29, 0.717) is 16.5 Å². The zero-order valence-corrected chi connectivity index (χ0v) is 15.9. The number of esters is 1. The summed E-state index contributed by atoms with van der Waals surface area (Å²) in [5.41, 5.74) is 0. The van der Waals surface area contributed by atoms with Crippen molar-refractivity contribution in [2.75, 3.05) is 13.7 Å². The fourth-order valence-electron chi connectivity index (χ4n) is 2.61. The molecule has 1 atom stereocenters. The normalized spacial score (nSPS) is 13.0. The molecule has 0 aromatic heterocycles. The van der Waals surface area contributed by atoms with Gasteiger partial charge in [0.2, 0.25) is 10.0 Å². The third kappa shape index (κ3) is 4.42. The zero-order chi connectivity index (χ0) is 19.2. The van der Waals surface area contributed by atoms with E-state index >= 15 is 0 Å². The first-order chi connectivity index (χ1) is 12.4. The quantitative estimate of drug-likeness (QED) is 0.565. The van der Waals surface area contributed by atoms with Gasteiger partial charge in [-0.05, 0) is 32.4 Å². The van der Waals surface area contributed by atoms with Gasteiger partial charge in [-0.2, -0.15) is 4.72 Å². The second-order valence-corrected chi connectivity index (χ2v) is 7.22. The average molecular weight is 377 g/mol. The molecular formula is C19H23NO5S. The Morgan fingerprint density at radius 2 is 1.88 bits per heavy atom. The lowest BCUT2D eigenvalue weighted by Crippen LogP contribution is -2.41. The van der Waals surface area contributed by atoms with Crippen LogP contribution in [0.2, 0.25) is 0 Å². The molecule has 0 heterocycles. The van der Waals surface area contributed by atoms with Gasteiger partial charge in [0.1, 0.15) is 11.8 Å². The summed E-state index contributed by atoms with van der Waals surface area (Å²) in [4.78, 5) is 12.2. The summed E-state index contributed by atoms with van der Waals surface area (Å²) in [7, 11) is -2.42. The highest BCUT2D eigenvalue weighted by Gasteiger charge is 2.27. The highest BCUT2D eigenvalue weighted by molar-refractivity contribution is 7.89. The molecule has 2 aromatic rings. The molecule has 0 fully saturated rings. The second-order valence-electron chi connectivity index (χ2n) is 5.54. The van der Waals surface area contributed by atoms with Gasteiger partial charge in [-0.3, -0.25) is 4.79 Å². The van der Waals surface area contributed by atoms with Crippen molar-refractivity contribution < 1.29 is 22.7 Å². The summed E-state index contributed by atoms with van der Waals surface area (Å²) in [5.74, 6) is -0.0256. The van der Waals surface area contributed by atoms with Crippen LogP contribution in [0.25, 0.3) is 10.8 Å². The number of carbonyl (C=O) groups is 1. The number of methoxy groups -OCH3 is 1. The molecule has 0 saturated heterocycles. The van der Waals surface area contributed by atoms with Crippen molar-refractivity contribution in [1.29, 1.82) is 0 Å². The van der Waals surface area contributed by atoms with Crippen LogP contribution in [0.15, 0.2) is 53.4 Å². The number of fused-ring (bicyclic) bond motifs is 1. The maximum absolute atomic E-state index is 12.9. The number of carbonyl (C=O) groups excluding carboxylic acids is 1. The summed E-state index contributed by atoms with van der Waals surface area (Å²) < 4.78 is 38.6. The predicted molar refractivity (Wildman–Crippen MR) is 101 cm³/mol. The minimum absolute atomic E-state index is 0.0867. The van der Waals surface area contributed by atoms with Gasteiger partial charge in [-0.1, -0.05) is 36.4 Å². The number of nitrogens with one attached hydrogen (secondary N) is 1. The maximum atomic E-state index is 12.9. The first kappa shape index (κ1) is 19.9. The molecule has 1 unspecified atom stereocenters. The van der Waals surface area contributed by atoms with Crippen molar-refractivity contribution >= 4 is 26.8 Å². The number of hydrogen-bond donors (Lipinski definition) is 1. The molecule has 0 radical (unpaired) electrons. The van der Waals surface area contributed by atoms with Crippen LogP contribution in [0.4, 0.5) is 0 Å². The average Bonchev–Trinajstić information content (AvgIpc) is 2.64. The molecule has 2 aromatic carbocycles. The summed E-state index contributed by atoms with van der Waals surface area (Å²) in [6.45, 7) is 3.65. The first-order valence-corrected chi connectivity index (χ1v) is 9.78. The Bertz CT molecular complexity index is 905. The van der Waals surface area contributed by atoms with Crippen LogP contribution >= 0.6 is 0 Å². The van der Waals surface area contributed by atoms with Crippen LogP contribution < -0.4 is 9.46 Å². The van der Waals surface area contributed by atoms with Gasteiger partial charge in [0, 0.05) is 10.8 Å². The van der Waals surface area contributed by atoms with Crippen molar-refractivity contribution in [1.82, 2.24) is 4.72 Å². The van der Waals surface area contributed by atoms with E-state index in [1.165, 1.54) is 13.2 Å². The van der Waals surface area contributed by atoms with Crippen LogP contribution in [0.1, 0.15) is 20.3 Å². The Balaban J connectivity index is 2.46. The van der Waals surface area contributed by atoms with Gasteiger partial charge >= 0.3 is 5.97 Å². The molecule has 0 aliphatic heterocycles. The number of ether oxygens (including phenoxy) is 2. The lowest BCUT2D eigenvalue weighted by molar-refractivity contribution is -0.145. The number of allylic oxidation sites excluding steroid dienone is 1. The number of hydrogen-bond acceptors (Lipinski definition) is 5. The summed E-state index contributed by atoms with van der Waals surface area (Å²) in [5, 5.41) is 1.20. The van der Waals surface area contributed by atoms with Gasteiger partial charge in [0.25, 0.3) is 0 Å². The maximum Gasteiger partial charge on any atom is 0.324 e. The van der Waals surface area contributed by atoms with Gasteiger partial charge in [0.05, 0.1) is 18.6 Å². The summed E-state index contributed by atoms with van der Waals surface area (Å²) >= 11 is 0. The fourth-order valence-corrected chi connectivity index (χ4v) is 4.02. The Morgan fingerprint density at radius 1 is 1.19 bits per heavy atom. The van der Waals surface area contributed by atoms with Crippen LogP contribution in [-0.2, 0) is 19.6 Å². The molecule has 0 saturated carbocycles. The van der Waals surface area contributed by atoms with E-state index < -0.39 is 22.0 Å². The first-order valence-electron chi connectivity index (χ1n) is 8.30. The fraction of sp³-hybridized carbons (Fsp3) is 0.316. The molecule has 6 nitrogen and oxygen atoms in total. The standard InChI is InChI=1S/C19H23NO5S/c1-4-6-11-16(19(21)25-5-2)20-26(22,23)18-13-12-17(24-3)14-9-7-8-10-15(14)18/h4,6-10,12-13,16,20H,5,11H2,1-3H3/b6-4+. The topological polar surface area (TPSA) is 81.7 Å². The Labute approximate surface area is 153 Å². The Kier molecular flexibility index (Phi) is 6.76. The van der Waals surface area contributed by atoms with E-state index in [9.17, 15) is 13.2 Å². The van der Waals surface area contributed by atoms with E-state index in [4.69, 9.17) is 9.47 Å². The van der Waals surface area contributed by atoms with E-state index in [1.54, 1.807) is 50.3 Å². The molecule has 7 heteroatoms. The molecule has 0 aliphatic rings. The van der Waals surface area contributed by atoms with Crippen LogP contribution in [0.5, 0.6) is 5.75 Å². The van der Waals surface area contributed by atoms with E-state index in [2.05, 4.69) is 4.72 Å². The van der Waals surface area contributed by atoms with Gasteiger partial charge in [-0.25, -0.2) is 8.42 Å². The number of rotatable bonds is 8. The molecule has 0 aliphatic carbocycles. The molecule has 2 rings (SSSR count). The van der Waals surface area contributed by atoms with Crippen LogP contribution in [0.3, 0.4) is 0 Å². The van der Waals surface area contributed by atoms with Crippen molar-refractivity contribution in [3.63, 3.8) is 0 Å². The molecule has 26 heavy (non-hydrogen) atoms. The predicted octanol–water partition coefficient (Wildman–Crippen LogP) is 3.02. The smallest absolute Gasteiger partial charge is 0.324 e. The Morgan fingerprint density at radius 3 is 2.50 bits per heavy atom. The van der Waals surface area contributed by atoms with Gasteiger partial charge < -0.3 is 9.47 Å². The lowest BCUT2D eigenvalue weighted by atomic mass is 10.1. The Hall–Kier alpha value is -2.38. The molecule has 140 valence electrons. The van der Waals surface area contributed by atoms with Crippen molar-refractivity contribution in [2.24, 2.45) is 0 Å². The molecular weight excluding hydrogens is 354 g/mol. The third-order valence-electron chi connectivity index (χ3n) is 3.83. The zero-order valence-electron chi connectivity index (χ0n) is 15.1. The van der Waals surface area contributed by atoms with Crippen molar-refractivity contribution in [3.8, 4) is 5.75 Å². The second kappa shape index (κ2) is 8.82. The van der Waals surface area contributed by atoms with E-state index in [0.717, 1.165) is 0 Å². The van der Waals surface area contributed by atoms with Crippen LogP contribution in [0, 0.1) is 0 Å². The minimum Gasteiger partial charge on any atom is -0.496 e. The van der Waals surface area contributed by atoms with Gasteiger partial charge in [-0.15, -0.1) is 0 Å². The summed E-state index contributed by atoms with van der Waals surface area (Å²) in [6, 6.07) is 9.14. The third-order valence-corrected chi connectivity index (χ3v) is 5.36. The van der Waals surface area contributed by atoms with Crippen LogP contribution in [-0.4, -0.2) is 34.1 Å². The summed E-state index contributed by atoms with van der Waals surface area (Å²) in [6.07, 6.45) is 3.68. The van der Waals surface area contributed by atoms with Gasteiger partial charge in [0.15, 0.2) is 0 Å². The SMILES string of the molecule is C/C=C/CC(NS(=O)(=O)c1ccc(OC)c2ccccc12)C(=O)OCC. The molecule has 0 bridgehead atoms. The largest absolute Gasteiger partial charge is 0.496 e. The minimum atomic E-state index is -3.95. The van der Waals surface area contributed by atoms with Crippen molar-refractivity contribution in [2.45, 2.75) is 31.2 Å². The molecule has 1 N–H and O–H groups in total. The molecule has 0 spiro atoms. The number of sulfonamides is 1. The monoisotopic (exact) mass is 377 g/mol. The number of benzene rings is 2. The molecule has 0 amide bonds. The lowest BCUT2D eigenvalue weighted by Gasteiger charge is -2.17.